The number of benzene rings is 1. The normalized spacial score (nSPS) is 12.7. The van der Waals surface area contributed by atoms with Crippen molar-refractivity contribution in [3.8, 4) is 0 Å². The van der Waals surface area contributed by atoms with Crippen molar-refractivity contribution >= 4 is 23.2 Å². The fraction of sp³-hybridized carbons (Fsp3) is 0.250. The third-order valence-corrected chi connectivity index (χ3v) is 3.53. The van der Waals surface area contributed by atoms with Crippen molar-refractivity contribution in [2.75, 3.05) is 0 Å². The molecule has 0 aliphatic rings. The Bertz CT molecular complexity index is 539. The summed E-state index contributed by atoms with van der Waals surface area (Å²) in [7, 11) is 0. The van der Waals surface area contributed by atoms with Gasteiger partial charge in [-0.05, 0) is 30.7 Å². The number of nitrogens with zero attached hydrogens (tertiary/aromatic N) is 2. The van der Waals surface area contributed by atoms with Crippen molar-refractivity contribution in [1.82, 2.24) is 15.2 Å². The lowest BCUT2D eigenvalue weighted by molar-refractivity contribution is 0.543. The number of rotatable bonds is 4. The van der Waals surface area contributed by atoms with Gasteiger partial charge in [-0.15, -0.1) is 0 Å². The Hall–Kier alpha value is -1.07. The molecule has 6 heteroatoms. The third kappa shape index (κ3) is 2.52. The van der Waals surface area contributed by atoms with Gasteiger partial charge in [-0.3, -0.25) is 10.5 Å². The molecule has 0 saturated carbocycles. The van der Waals surface area contributed by atoms with E-state index in [1.165, 1.54) is 0 Å². The van der Waals surface area contributed by atoms with Gasteiger partial charge in [0.15, 0.2) is 0 Å². The standard InChI is InChI=1S/C12H14Cl2N4/c1-2-18-11(5-6-16-18)12(17-15)8-3-4-9(13)10(14)7-8/h3-7,12,17H,2,15H2,1H3. The maximum atomic E-state index is 6.03. The minimum absolute atomic E-state index is 0.165. The van der Waals surface area contributed by atoms with Gasteiger partial charge in [0, 0.05) is 12.7 Å². The Morgan fingerprint density at radius 1 is 1.33 bits per heavy atom. The summed E-state index contributed by atoms with van der Waals surface area (Å²) in [6.45, 7) is 2.81. The molecule has 0 aliphatic heterocycles. The van der Waals surface area contributed by atoms with E-state index in [1.54, 1.807) is 18.3 Å². The van der Waals surface area contributed by atoms with Gasteiger partial charge in [0.05, 0.1) is 21.8 Å². The summed E-state index contributed by atoms with van der Waals surface area (Å²) < 4.78 is 1.88. The summed E-state index contributed by atoms with van der Waals surface area (Å²) in [5.41, 5.74) is 4.71. The highest BCUT2D eigenvalue weighted by Gasteiger charge is 2.17. The molecular formula is C12H14Cl2N4. The number of hydrogen-bond acceptors (Lipinski definition) is 3. The van der Waals surface area contributed by atoms with Gasteiger partial charge in [-0.25, -0.2) is 5.43 Å². The molecule has 0 amide bonds. The van der Waals surface area contributed by atoms with Crippen molar-refractivity contribution in [3.05, 3.63) is 51.8 Å². The monoisotopic (exact) mass is 284 g/mol. The topological polar surface area (TPSA) is 55.9 Å². The predicted molar refractivity (Wildman–Crippen MR) is 73.5 cm³/mol. The van der Waals surface area contributed by atoms with E-state index in [1.807, 2.05) is 23.7 Å². The summed E-state index contributed by atoms with van der Waals surface area (Å²) >= 11 is 11.9. The van der Waals surface area contributed by atoms with E-state index < -0.39 is 0 Å². The van der Waals surface area contributed by atoms with Crippen LogP contribution in [0, 0.1) is 0 Å². The zero-order chi connectivity index (χ0) is 13.1. The maximum absolute atomic E-state index is 6.03. The van der Waals surface area contributed by atoms with E-state index in [-0.39, 0.29) is 6.04 Å². The Balaban J connectivity index is 2.42. The summed E-state index contributed by atoms with van der Waals surface area (Å²) in [6.07, 6.45) is 1.75. The summed E-state index contributed by atoms with van der Waals surface area (Å²) in [4.78, 5) is 0. The van der Waals surface area contributed by atoms with Crippen LogP contribution in [0.2, 0.25) is 10.0 Å². The second-order valence-electron chi connectivity index (χ2n) is 3.85. The molecule has 0 saturated heterocycles. The molecule has 1 atom stereocenters. The molecule has 2 aromatic rings. The SMILES string of the molecule is CCn1nccc1C(NN)c1ccc(Cl)c(Cl)c1. The highest BCUT2D eigenvalue weighted by molar-refractivity contribution is 6.42. The lowest BCUT2D eigenvalue weighted by atomic mass is 10.0. The van der Waals surface area contributed by atoms with Crippen molar-refractivity contribution in [2.24, 2.45) is 5.84 Å². The molecule has 0 spiro atoms. The highest BCUT2D eigenvalue weighted by atomic mass is 35.5. The van der Waals surface area contributed by atoms with Gasteiger partial charge in [-0.1, -0.05) is 29.3 Å². The number of aryl methyl sites for hydroxylation is 1. The lowest BCUT2D eigenvalue weighted by Crippen LogP contribution is -2.30. The Labute approximate surface area is 116 Å². The van der Waals surface area contributed by atoms with Crippen LogP contribution in [0.25, 0.3) is 0 Å². The molecule has 1 heterocycles. The van der Waals surface area contributed by atoms with E-state index in [0.29, 0.717) is 10.0 Å². The first kappa shape index (κ1) is 13.4. The minimum atomic E-state index is -0.165. The average Bonchev–Trinajstić information content (AvgIpc) is 2.83. The van der Waals surface area contributed by atoms with Crippen LogP contribution in [0.1, 0.15) is 24.2 Å². The van der Waals surface area contributed by atoms with E-state index in [4.69, 9.17) is 29.0 Å². The number of aromatic nitrogens is 2. The zero-order valence-electron chi connectivity index (χ0n) is 9.90. The average molecular weight is 285 g/mol. The Morgan fingerprint density at radius 2 is 2.11 bits per heavy atom. The van der Waals surface area contributed by atoms with Gasteiger partial charge in [0.25, 0.3) is 0 Å². The number of nitrogens with two attached hydrogens (primary N) is 1. The molecule has 4 nitrogen and oxygen atoms in total. The molecule has 0 fully saturated rings. The van der Waals surface area contributed by atoms with Crippen LogP contribution in [-0.4, -0.2) is 9.78 Å². The van der Waals surface area contributed by atoms with Crippen molar-refractivity contribution < 1.29 is 0 Å². The molecule has 2 rings (SSSR count). The molecule has 1 aromatic carbocycles. The summed E-state index contributed by atoms with van der Waals surface area (Å²) in [5, 5.41) is 5.27. The smallest absolute Gasteiger partial charge is 0.0878 e. The molecular weight excluding hydrogens is 271 g/mol. The molecule has 3 N–H and O–H groups in total. The number of hydrogen-bond donors (Lipinski definition) is 2. The first-order chi connectivity index (χ1) is 8.67. The molecule has 1 unspecified atom stereocenters. The van der Waals surface area contributed by atoms with Gasteiger partial charge >= 0.3 is 0 Å². The van der Waals surface area contributed by atoms with E-state index in [9.17, 15) is 0 Å². The van der Waals surface area contributed by atoms with Crippen LogP contribution in [0.15, 0.2) is 30.5 Å². The van der Waals surface area contributed by atoms with Gasteiger partial charge in [-0.2, -0.15) is 5.10 Å². The van der Waals surface area contributed by atoms with E-state index >= 15 is 0 Å². The predicted octanol–water partition coefficient (Wildman–Crippen LogP) is 2.76. The van der Waals surface area contributed by atoms with Crippen LogP contribution in [0.3, 0.4) is 0 Å². The Morgan fingerprint density at radius 3 is 2.72 bits per heavy atom. The van der Waals surface area contributed by atoms with Crippen LogP contribution >= 0.6 is 23.2 Å². The number of halogens is 2. The summed E-state index contributed by atoms with van der Waals surface area (Å²) in [5.74, 6) is 5.64. The second kappa shape index (κ2) is 5.71. The maximum Gasteiger partial charge on any atom is 0.0878 e. The molecule has 96 valence electrons. The number of hydrazine groups is 1. The highest BCUT2D eigenvalue weighted by Crippen LogP contribution is 2.28. The molecule has 18 heavy (non-hydrogen) atoms. The summed E-state index contributed by atoms with van der Waals surface area (Å²) in [6, 6.07) is 7.22. The minimum Gasteiger partial charge on any atom is -0.271 e. The van der Waals surface area contributed by atoms with E-state index in [0.717, 1.165) is 17.8 Å². The van der Waals surface area contributed by atoms with Crippen LogP contribution < -0.4 is 11.3 Å². The van der Waals surface area contributed by atoms with Crippen LogP contribution in [0.4, 0.5) is 0 Å². The second-order valence-corrected chi connectivity index (χ2v) is 4.66. The van der Waals surface area contributed by atoms with Gasteiger partial charge < -0.3 is 0 Å². The Kier molecular flexibility index (Phi) is 4.24. The molecule has 0 radical (unpaired) electrons. The first-order valence-corrected chi connectivity index (χ1v) is 6.35. The lowest BCUT2D eigenvalue weighted by Gasteiger charge is -2.18. The quantitative estimate of drug-likeness (QED) is 0.671. The molecule has 0 bridgehead atoms. The van der Waals surface area contributed by atoms with Crippen LogP contribution in [0.5, 0.6) is 0 Å². The van der Waals surface area contributed by atoms with Crippen molar-refractivity contribution in [2.45, 2.75) is 19.5 Å². The third-order valence-electron chi connectivity index (χ3n) is 2.79. The van der Waals surface area contributed by atoms with E-state index in [2.05, 4.69) is 10.5 Å². The first-order valence-electron chi connectivity index (χ1n) is 5.60. The van der Waals surface area contributed by atoms with Crippen LogP contribution in [-0.2, 0) is 6.54 Å². The zero-order valence-corrected chi connectivity index (χ0v) is 11.4. The fourth-order valence-corrected chi connectivity index (χ4v) is 2.20. The fourth-order valence-electron chi connectivity index (χ4n) is 1.90. The molecule has 1 aromatic heterocycles. The van der Waals surface area contributed by atoms with Gasteiger partial charge in [0.2, 0.25) is 0 Å². The molecule has 0 aliphatic carbocycles. The van der Waals surface area contributed by atoms with Crippen molar-refractivity contribution in [3.63, 3.8) is 0 Å². The van der Waals surface area contributed by atoms with Crippen molar-refractivity contribution in [1.29, 1.82) is 0 Å². The largest absolute Gasteiger partial charge is 0.271 e. The van der Waals surface area contributed by atoms with Gasteiger partial charge in [0.1, 0.15) is 0 Å². The number of nitrogens with one attached hydrogen (secondary N) is 1.